The highest BCUT2D eigenvalue weighted by Gasteiger charge is 2.39. The Kier molecular flexibility index (Phi) is 3.95. The zero-order chi connectivity index (χ0) is 13.9. The van der Waals surface area contributed by atoms with Crippen LogP contribution in [-0.2, 0) is 4.79 Å². The average molecular weight is 263 g/mol. The number of rotatable bonds is 4. The van der Waals surface area contributed by atoms with Crippen molar-refractivity contribution in [2.75, 3.05) is 0 Å². The number of nitro benzene ring substituents is 1. The van der Waals surface area contributed by atoms with Crippen LogP contribution in [0.5, 0.6) is 0 Å². The Labute approximate surface area is 111 Å². The van der Waals surface area contributed by atoms with E-state index >= 15 is 0 Å². The second-order valence-electron chi connectivity index (χ2n) is 5.16. The number of aliphatic hydroxyl groups excluding tert-OH is 1. The van der Waals surface area contributed by atoms with E-state index < -0.39 is 16.4 Å². The first-order valence-electron chi connectivity index (χ1n) is 6.48. The van der Waals surface area contributed by atoms with Crippen molar-refractivity contribution >= 4 is 12.0 Å². The fraction of sp³-hybridized carbons (Fsp3) is 0.500. The Balaban J connectivity index is 2.24. The molecule has 0 radical (unpaired) electrons. The fourth-order valence-corrected chi connectivity index (χ4v) is 2.78. The molecule has 0 heterocycles. The van der Waals surface area contributed by atoms with E-state index in [1.54, 1.807) is 0 Å². The highest BCUT2D eigenvalue weighted by Crippen LogP contribution is 2.44. The van der Waals surface area contributed by atoms with Gasteiger partial charge in [-0.3, -0.25) is 10.1 Å². The second kappa shape index (κ2) is 5.48. The minimum absolute atomic E-state index is 0.0141. The van der Waals surface area contributed by atoms with Crippen LogP contribution in [0.1, 0.15) is 43.8 Å². The number of carbonyl (C=O) groups is 1. The third-order valence-electron chi connectivity index (χ3n) is 3.98. The minimum atomic E-state index is -0.883. The molecule has 2 rings (SSSR count). The van der Waals surface area contributed by atoms with Crippen molar-refractivity contribution in [3.63, 3.8) is 0 Å². The van der Waals surface area contributed by atoms with Gasteiger partial charge in [0.1, 0.15) is 6.29 Å². The van der Waals surface area contributed by atoms with Gasteiger partial charge >= 0.3 is 0 Å². The molecule has 0 aliphatic heterocycles. The number of carbonyl (C=O) groups excluding carboxylic acids is 1. The smallest absolute Gasteiger partial charge is 0.269 e. The maximum atomic E-state index is 11.4. The van der Waals surface area contributed by atoms with Gasteiger partial charge in [-0.15, -0.1) is 0 Å². The first-order valence-corrected chi connectivity index (χ1v) is 6.48. The summed E-state index contributed by atoms with van der Waals surface area (Å²) < 4.78 is 0. The van der Waals surface area contributed by atoms with E-state index in [-0.39, 0.29) is 5.69 Å². The van der Waals surface area contributed by atoms with Gasteiger partial charge in [0.15, 0.2) is 0 Å². The Bertz CT molecular complexity index is 463. The highest BCUT2D eigenvalue weighted by atomic mass is 16.6. The molecular weight excluding hydrogens is 246 g/mol. The lowest BCUT2D eigenvalue weighted by atomic mass is 9.69. The van der Waals surface area contributed by atoms with Crippen molar-refractivity contribution in [2.45, 2.75) is 38.2 Å². The number of hydrogen-bond donors (Lipinski definition) is 1. The maximum absolute atomic E-state index is 11.4. The van der Waals surface area contributed by atoms with Crippen molar-refractivity contribution in [3.05, 3.63) is 39.9 Å². The van der Waals surface area contributed by atoms with E-state index in [4.69, 9.17) is 0 Å². The second-order valence-corrected chi connectivity index (χ2v) is 5.16. The Morgan fingerprint density at radius 3 is 2.26 bits per heavy atom. The molecule has 5 heteroatoms. The molecule has 102 valence electrons. The number of nitro groups is 1. The highest BCUT2D eigenvalue weighted by molar-refractivity contribution is 5.61. The van der Waals surface area contributed by atoms with E-state index in [0.29, 0.717) is 18.4 Å². The van der Waals surface area contributed by atoms with Crippen LogP contribution in [0.2, 0.25) is 0 Å². The monoisotopic (exact) mass is 263 g/mol. The normalized spacial score (nSPS) is 19.6. The van der Waals surface area contributed by atoms with E-state index in [1.165, 1.54) is 24.3 Å². The standard InChI is InChI=1S/C14H17NO4/c16-10-14(8-2-1-3-9-14)13(17)11-4-6-12(7-5-11)15(18)19/h4-7,10,13,17H,1-3,8-9H2. The molecule has 1 aliphatic rings. The zero-order valence-electron chi connectivity index (χ0n) is 10.6. The molecule has 0 spiro atoms. The summed E-state index contributed by atoms with van der Waals surface area (Å²) >= 11 is 0. The van der Waals surface area contributed by atoms with Gasteiger partial charge in [0.05, 0.1) is 16.4 Å². The van der Waals surface area contributed by atoms with Gasteiger partial charge in [0, 0.05) is 12.1 Å². The SMILES string of the molecule is O=CC1(C(O)c2ccc([N+](=O)[O-])cc2)CCCCC1. The topological polar surface area (TPSA) is 80.4 Å². The summed E-state index contributed by atoms with van der Waals surface area (Å²) in [7, 11) is 0. The van der Waals surface area contributed by atoms with E-state index in [9.17, 15) is 20.0 Å². The van der Waals surface area contributed by atoms with Gasteiger partial charge < -0.3 is 9.90 Å². The molecule has 1 fully saturated rings. The fourth-order valence-electron chi connectivity index (χ4n) is 2.78. The number of benzene rings is 1. The summed E-state index contributed by atoms with van der Waals surface area (Å²) in [5, 5.41) is 21.0. The molecule has 1 atom stereocenters. The van der Waals surface area contributed by atoms with Gasteiger partial charge in [0.25, 0.3) is 5.69 Å². The van der Waals surface area contributed by atoms with Gasteiger partial charge in [-0.25, -0.2) is 0 Å². The van der Waals surface area contributed by atoms with Crippen LogP contribution in [0.15, 0.2) is 24.3 Å². The molecule has 0 saturated heterocycles. The van der Waals surface area contributed by atoms with Crippen molar-refractivity contribution in [2.24, 2.45) is 5.41 Å². The third kappa shape index (κ3) is 2.66. The molecule has 0 amide bonds. The van der Waals surface area contributed by atoms with Gasteiger partial charge in [-0.05, 0) is 30.5 Å². The largest absolute Gasteiger partial charge is 0.387 e. The molecule has 1 aromatic carbocycles. The van der Waals surface area contributed by atoms with Crippen LogP contribution in [0, 0.1) is 15.5 Å². The maximum Gasteiger partial charge on any atom is 0.269 e. The average Bonchev–Trinajstić information content (AvgIpc) is 2.47. The molecule has 1 unspecified atom stereocenters. The van der Waals surface area contributed by atoms with Crippen molar-refractivity contribution < 1.29 is 14.8 Å². The molecule has 0 bridgehead atoms. The van der Waals surface area contributed by atoms with Crippen LogP contribution in [0.25, 0.3) is 0 Å². The van der Waals surface area contributed by atoms with E-state index in [0.717, 1.165) is 25.5 Å². The zero-order valence-corrected chi connectivity index (χ0v) is 10.6. The summed E-state index contributed by atoms with van der Waals surface area (Å²) in [6, 6.07) is 5.78. The quantitative estimate of drug-likeness (QED) is 0.514. The lowest BCUT2D eigenvalue weighted by molar-refractivity contribution is -0.384. The molecule has 0 aromatic heterocycles. The summed E-state index contributed by atoms with van der Waals surface area (Å²) in [6.45, 7) is 0. The first-order chi connectivity index (χ1) is 9.09. The van der Waals surface area contributed by atoms with Gasteiger partial charge in [0.2, 0.25) is 0 Å². The number of aliphatic hydroxyl groups is 1. The number of non-ortho nitro benzene ring substituents is 1. The summed E-state index contributed by atoms with van der Waals surface area (Å²) in [5.74, 6) is 0. The number of hydrogen-bond acceptors (Lipinski definition) is 4. The van der Waals surface area contributed by atoms with Gasteiger partial charge in [-0.2, -0.15) is 0 Å². The predicted molar refractivity (Wildman–Crippen MR) is 69.6 cm³/mol. The van der Waals surface area contributed by atoms with Crippen LogP contribution < -0.4 is 0 Å². The summed E-state index contributed by atoms with van der Waals surface area (Å²) in [5.41, 5.74) is -0.173. The first kappa shape index (κ1) is 13.7. The summed E-state index contributed by atoms with van der Waals surface area (Å²) in [6.07, 6.45) is 4.28. The van der Waals surface area contributed by atoms with E-state index in [2.05, 4.69) is 0 Å². The molecule has 1 aliphatic carbocycles. The number of aldehydes is 1. The lowest BCUT2D eigenvalue weighted by Gasteiger charge is -2.36. The van der Waals surface area contributed by atoms with Crippen LogP contribution in [0.3, 0.4) is 0 Å². The molecule has 1 N–H and O–H groups in total. The van der Waals surface area contributed by atoms with E-state index in [1.807, 2.05) is 0 Å². The number of nitrogens with zero attached hydrogens (tertiary/aromatic N) is 1. The molecule has 5 nitrogen and oxygen atoms in total. The molecular formula is C14H17NO4. The minimum Gasteiger partial charge on any atom is -0.387 e. The van der Waals surface area contributed by atoms with Crippen molar-refractivity contribution in [3.8, 4) is 0 Å². The Morgan fingerprint density at radius 2 is 1.79 bits per heavy atom. The van der Waals surface area contributed by atoms with Crippen LogP contribution in [0.4, 0.5) is 5.69 Å². The molecule has 1 aromatic rings. The van der Waals surface area contributed by atoms with Crippen molar-refractivity contribution in [1.29, 1.82) is 0 Å². The van der Waals surface area contributed by atoms with Crippen molar-refractivity contribution in [1.82, 2.24) is 0 Å². The lowest BCUT2D eigenvalue weighted by Crippen LogP contribution is -2.33. The third-order valence-corrected chi connectivity index (χ3v) is 3.98. The van der Waals surface area contributed by atoms with Gasteiger partial charge in [-0.1, -0.05) is 19.3 Å². The Morgan fingerprint density at radius 1 is 1.21 bits per heavy atom. The molecule has 19 heavy (non-hydrogen) atoms. The summed E-state index contributed by atoms with van der Waals surface area (Å²) in [4.78, 5) is 21.5. The van der Waals surface area contributed by atoms with Crippen LogP contribution in [-0.4, -0.2) is 16.3 Å². The molecule has 1 saturated carbocycles. The predicted octanol–water partition coefficient (Wildman–Crippen LogP) is 2.78. The van der Waals surface area contributed by atoms with Crippen LogP contribution >= 0.6 is 0 Å². The Hall–Kier alpha value is -1.75.